The second-order valence-electron chi connectivity index (χ2n) is 4.71. The van der Waals surface area contributed by atoms with Crippen molar-refractivity contribution < 1.29 is 19.1 Å². The van der Waals surface area contributed by atoms with Crippen molar-refractivity contribution >= 4 is 23.5 Å². The Bertz CT molecular complexity index is 511. The van der Waals surface area contributed by atoms with E-state index >= 15 is 0 Å². The summed E-state index contributed by atoms with van der Waals surface area (Å²) in [5, 5.41) is 0.584. The van der Waals surface area contributed by atoms with Crippen molar-refractivity contribution in [3.63, 3.8) is 0 Å². The molecule has 0 saturated heterocycles. The van der Waals surface area contributed by atoms with E-state index in [4.69, 9.17) is 21.1 Å². The standard InChI is InChI=1S/C15H17ClO4/c1-3-19-13(17)12-9-15(12,14(18)20-4-2)10-5-7-11(16)8-6-10/h5-8,12H,3-4,9H2,1-2H3/t12-,15-/m1/s1. The van der Waals surface area contributed by atoms with Crippen molar-refractivity contribution in [2.75, 3.05) is 13.2 Å². The first-order chi connectivity index (χ1) is 9.56. The summed E-state index contributed by atoms with van der Waals surface area (Å²) in [5.74, 6) is -1.20. The van der Waals surface area contributed by atoms with Gasteiger partial charge in [-0.05, 0) is 38.0 Å². The molecule has 1 fully saturated rings. The second kappa shape index (κ2) is 5.83. The molecule has 0 bridgehead atoms. The van der Waals surface area contributed by atoms with E-state index in [1.54, 1.807) is 38.1 Å². The van der Waals surface area contributed by atoms with Gasteiger partial charge >= 0.3 is 11.9 Å². The summed E-state index contributed by atoms with van der Waals surface area (Å²) in [6.45, 7) is 4.07. The first-order valence-electron chi connectivity index (χ1n) is 6.66. The van der Waals surface area contributed by atoms with E-state index in [1.165, 1.54) is 0 Å². The topological polar surface area (TPSA) is 52.6 Å². The fourth-order valence-corrected chi connectivity index (χ4v) is 2.59. The van der Waals surface area contributed by atoms with Gasteiger partial charge in [0.2, 0.25) is 0 Å². The van der Waals surface area contributed by atoms with E-state index < -0.39 is 11.3 Å². The van der Waals surface area contributed by atoms with Crippen LogP contribution in [-0.2, 0) is 24.5 Å². The number of hydrogen-bond donors (Lipinski definition) is 0. The van der Waals surface area contributed by atoms with Gasteiger partial charge in [0.15, 0.2) is 0 Å². The molecular weight excluding hydrogens is 280 g/mol. The number of carbonyl (C=O) groups is 2. The van der Waals surface area contributed by atoms with Gasteiger partial charge in [0.25, 0.3) is 0 Å². The third-order valence-corrected chi connectivity index (χ3v) is 3.78. The molecule has 2 rings (SSSR count). The average molecular weight is 297 g/mol. The van der Waals surface area contributed by atoms with Crippen LogP contribution in [0, 0.1) is 5.92 Å². The van der Waals surface area contributed by atoms with Gasteiger partial charge in [-0.3, -0.25) is 9.59 Å². The summed E-state index contributed by atoms with van der Waals surface area (Å²) in [6, 6.07) is 6.94. The molecule has 0 unspecified atom stereocenters. The van der Waals surface area contributed by atoms with Gasteiger partial charge in [-0.2, -0.15) is 0 Å². The number of benzene rings is 1. The van der Waals surface area contributed by atoms with Crippen LogP contribution in [0.5, 0.6) is 0 Å². The van der Waals surface area contributed by atoms with Crippen LogP contribution in [0.4, 0.5) is 0 Å². The molecule has 0 aromatic heterocycles. The lowest BCUT2D eigenvalue weighted by Crippen LogP contribution is -2.28. The third-order valence-electron chi connectivity index (χ3n) is 3.53. The Morgan fingerprint density at radius 2 is 1.80 bits per heavy atom. The SMILES string of the molecule is CCOC(=O)[C@H]1C[C@@]1(C(=O)OCC)c1ccc(Cl)cc1. The highest BCUT2D eigenvalue weighted by atomic mass is 35.5. The van der Waals surface area contributed by atoms with E-state index in [9.17, 15) is 9.59 Å². The maximum atomic E-state index is 12.3. The zero-order valence-corrected chi connectivity index (χ0v) is 12.3. The minimum atomic E-state index is -0.910. The predicted molar refractivity (Wildman–Crippen MR) is 74.5 cm³/mol. The molecule has 0 radical (unpaired) electrons. The number of esters is 2. The van der Waals surface area contributed by atoms with Gasteiger partial charge in [0.05, 0.1) is 19.1 Å². The molecule has 0 heterocycles. The lowest BCUT2D eigenvalue weighted by atomic mass is 9.93. The van der Waals surface area contributed by atoms with Gasteiger partial charge < -0.3 is 9.47 Å². The normalized spacial score (nSPS) is 24.1. The van der Waals surface area contributed by atoms with E-state index in [-0.39, 0.29) is 18.5 Å². The van der Waals surface area contributed by atoms with Crippen molar-refractivity contribution in [3.05, 3.63) is 34.9 Å². The average Bonchev–Trinajstić information content (AvgIpc) is 3.17. The number of rotatable bonds is 5. The van der Waals surface area contributed by atoms with Crippen LogP contribution in [0.1, 0.15) is 25.8 Å². The molecule has 4 nitrogen and oxygen atoms in total. The molecule has 1 aromatic carbocycles. The summed E-state index contributed by atoms with van der Waals surface area (Å²) >= 11 is 5.86. The highest BCUT2D eigenvalue weighted by Crippen LogP contribution is 2.56. The Morgan fingerprint density at radius 1 is 1.20 bits per heavy atom. The van der Waals surface area contributed by atoms with Crippen molar-refractivity contribution in [1.82, 2.24) is 0 Å². The molecule has 1 aromatic rings. The van der Waals surface area contributed by atoms with Crippen molar-refractivity contribution in [1.29, 1.82) is 0 Å². The van der Waals surface area contributed by atoms with Gasteiger partial charge in [-0.15, -0.1) is 0 Å². The maximum Gasteiger partial charge on any atom is 0.317 e. The Morgan fingerprint density at radius 3 is 2.35 bits per heavy atom. The van der Waals surface area contributed by atoms with Gasteiger partial charge in [0.1, 0.15) is 5.41 Å². The van der Waals surface area contributed by atoms with E-state index in [0.29, 0.717) is 18.1 Å². The molecule has 108 valence electrons. The lowest BCUT2D eigenvalue weighted by molar-refractivity contribution is -0.152. The smallest absolute Gasteiger partial charge is 0.317 e. The molecule has 0 amide bonds. The Kier molecular flexibility index (Phi) is 4.33. The zero-order chi connectivity index (χ0) is 14.8. The van der Waals surface area contributed by atoms with Crippen molar-refractivity contribution in [2.24, 2.45) is 5.92 Å². The van der Waals surface area contributed by atoms with Crippen LogP contribution >= 0.6 is 11.6 Å². The largest absolute Gasteiger partial charge is 0.466 e. The predicted octanol–water partition coefficient (Wildman–Crippen LogP) is 2.72. The van der Waals surface area contributed by atoms with Crippen LogP contribution in [0.2, 0.25) is 5.02 Å². The fraction of sp³-hybridized carbons (Fsp3) is 0.467. The summed E-state index contributed by atoms with van der Waals surface area (Å²) in [5.41, 5.74) is -0.161. The first kappa shape index (κ1) is 14.9. The van der Waals surface area contributed by atoms with Crippen LogP contribution in [0.25, 0.3) is 0 Å². The van der Waals surface area contributed by atoms with E-state index in [0.717, 1.165) is 5.56 Å². The minimum absolute atomic E-state index is 0.281. The first-order valence-corrected chi connectivity index (χ1v) is 7.04. The summed E-state index contributed by atoms with van der Waals surface area (Å²) < 4.78 is 10.2. The second-order valence-corrected chi connectivity index (χ2v) is 5.14. The fourth-order valence-electron chi connectivity index (χ4n) is 2.46. The molecule has 20 heavy (non-hydrogen) atoms. The summed E-state index contributed by atoms with van der Waals surface area (Å²) in [7, 11) is 0. The highest BCUT2D eigenvalue weighted by molar-refractivity contribution is 6.30. The highest BCUT2D eigenvalue weighted by Gasteiger charge is 2.66. The van der Waals surface area contributed by atoms with Gasteiger partial charge in [-0.1, -0.05) is 23.7 Å². The monoisotopic (exact) mass is 296 g/mol. The van der Waals surface area contributed by atoms with Crippen LogP contribution in [0.15, 0.2) is 24.3 Å². The van der Waals surface area contributed by atoms with Crippen LogP contribution in [0.3, 0.4) is 0 Å². The van der Waals surface area contributed by atoms with E-state index in [1.807, 2.05) is 0 Å². The summed E-state index contributed by atoms with van der Waals surface area (Å²) in [6.07, 6.45) is 0.423. The maximum absolute atomic E-state index is 12.3. The molecule has 0 N–H and O–H groups in total. The number of carbonyl (C=O) groups excluding carboxylic acids is 2. The number of halogens is 1. The number of ether oxygens (including phenoxy) is 2. The van der Waals surface area contributed by atoms with Gasteiger partial charge in [0, 0.05) is 5.02 Å². The molecule has 5 heteroatoms. The van der Waals surface area contributed by atoms with Crippen LogP contribution in [-0.4, -0.2) is 25.2 Å². The molecule has 1 aliphatic carbocycles. The third kappa shape index (κ3) is 2.52. The summed E-state index contributed by atoms with van der Waals surface area (Å²) in [4.78, 5) is 24.2. The number of hydrogen-bond acceptors (Lipinski definition) is 4. The molecular formula is C15H17ClO4. The lowest BCUT2D eigenvalue weighted by Gasteiger charge is -2.16. The van der Waals surface area contributed by atoms with E-state index in [2.05, 4.69) is 0 Å². The zero-order valence-electron chi connectivity index (χ0n) is 11.5. The Balaban J connectivity index is 2.30. The quantitative estimate of drug-likeness (QED) is 0.784. The molecule has 1 saturated carbocycles. The molecule has 0 spiro atoms. The van der Waals surface area contributed by atoms with Crippen molar-refractivity contribution in [2.45, 2.75) is 25.7 Å². The minimum Gasteiger partial charge on any atom is -0.466 e. The molecule has 0 aliphatic heterocycles. The van der Waals surface area contributed by atoms with Crippen LogP contribution < -0.4 is 0 Å². The molecule has 2 atom stereocenters. The van der Waals surface area contributed by atoms with Crippen molar-refractivity contribution in [3.8, 4) is 0 Å². The Labute approximate surface area is 123 Å². The van der Waals surface area contributed by atoms with Gasteiger partial charge in [-0.25, -0.2) is 0 Å². The Hall–Kier alpha value is -1.55. The molecule has 1 aliphatic rings.